The van der Waals surface area contributed by atoms with Crippen molar-refractivity contribution >= 4 is 28.6 Å². The summed E-state index contributed by atoms with van der Waals surface area (Å²) in [4.78, 5) is 44.2. The lowest BCUT2D eigenvalue weighted by Crippen LogP contribution is -2.51. The molecule has 35 heavy (non-hydrogen) atoms. The van der Waals surface area contributed by atoms with E-state index in [9.17, 15) is 14.4 Å². The van der Waals surface area contributed by atoms with Crippen LogP contribution in [0.1, 0.15) is 23.6 Å². The summed E-state index contributed by atoms with van der Waals surface area (Å²) in [7, 11) is 0. The Morgan fingerprint density at radius 3 is 2.40 bits per heavy atom. The molecule has 5 rings (SSSR count). The van der Waals surface area contributed by atoms with Crippen LogP contribution in [0.3, 0.4) is 0 Å². The third-order valence-electron chi connectivity index (χ3n) is 7.11. The maximum Gasteiger partial charge on any atom is 0.325 e. The van der Waals surface area contributed by atoms with Crippen molar-refractivity contribution in [3.8, 4) is 0 Å². The van der Waals surface area contributed by atoms with E-state index in [1.807, 2.05) is 42.5 Å². The number of hydrogen-bond acceptors (Lipinski definition) is 4. The van der Waals surface area contributed by atoms with Crippen LogP contribution in [0, 0.1) is 6.92 Å². The second-order valence-electron chi connectivity index (χ2n) is 9.65. The fraction of sp³-hybridized carbons (Fsp3) is 0.321. The van der Waals surface area contributed by atoms with Crippen LogP contribution in [0.4, 0.5) is 4.79 Å². The number of rotatable bonds is 5. The van der Waals surface area contributed by atoms with Crippen LogP contribution in [0.25, 0.3) is 10.8 Å². The van der Waals surface area contributed by atoms with Crippen LogP contribution in [0.15, 0.2) is 66.7 Å². The third-order valence-corrected chi connectivity index (χ3v) is 7.11. The fourth-order valence-corrected chi connectivity index (χ4v) is 5.00. The zero-order valence-corrected chi connectivity index (χ0v) is 20.2. The highest BCUT2D eigenvalue weighted by atomic mass is 16.2. The second-order valence-corrected chi connectivity index (χ2v) is 9.65. The summed E-state index contributed by atoms with van der Waals surface area (Å²) in [5, 5.41) is 4.87. The van der Waals surface area contributed by atoms with Gasteiger partial charge in [-0.2, -0.15) is 0 Å². The van der Waals surface area contributed by atoms with Gasteiger partial charge >= 0.3 is 6.03 Å². The van der Waals surface area contributed by atoms with Gasteiger partial charge in [-0.3, -0.25) is 19.4 Å². The largest absolute Gasteiger partial charge is 0.339 e. The van der Waals surface area contributed by atoms with Crippen LogP contribution in [-0.2, 0) is 21.7 Å². The average molecular weight is 471 g/mol. The number of nitrogens with zero attached hydrogens (tertiary/aromatic N) is 3. The fourth-order valence-electron chi connectivity index (χ4n) is 5.00. The molecular weight excluding hydrogens is 440 g/mol. The van der Waals surface area contributed by atoms with Gasteiger partial charge in [0.05, 0.1) is 0 Å². The van der Waals surface area contributed by atoms with Crippen LogP contribution in [0.5, 0.6) is 0 Å². The van der Waals surface area contributed by atoms with Crippen molar-refractivity contribution in [2.24, 2.45) is 0 Å². The molecule has 0 aliphatic carbocycles. The zero-order chi connectivity index (χ0) is 24.6. The first-order chi connectivity index (χ1) is 16.8. The number of carbonyl (C=O) groups excluding carboxylic acids is 3. The van der Waals surface area contributed by atoms with Crippen molar-refractivity contribution in [3.05, 3.63) is 83.4 Å². The molecule has 180 valence electrons. The zero-order valence-electron chi connectivity index (χ0n) is 20.2. The molecule has 1 atom stereocenters. The number of fused-ring (bicyclic) bond motifs is 1. The quantitative estimate of drug-likeness (QED) is 0.581. The predicted octanol–water partition coefficient (Wildman–Crippen LogP) is 3.26. The normalized spacial score (nSPS) is 21.0. The van der Waals surface area contributed by atoms with Crippen LogP contribution < -0.4 is 5.32 Å². The molecule has 4 amide bonds. The molecule has 2 fully saturated rings. The molecule has 7 nitrogen and oxygen atoms in total. The maximum atomic E-state index is 13.3. The Hall–Kier alpha value is -3.71. The Kier molecular flexibility index (Phi) is 6.03. The molecule has 3 aromatic carbocycles. The number of urea groups is 1. The molecular formula is C28H30N4O3. The molecule has 0 aromatic heterocycles. The van der Waals surface area contributed by atoms with E-state index in [-0.39, 0.29) is 12.5 Å². The lowest BCUT2D eigenvalue weighted by molar-refractivity contribution is -0.139. The van der Waals surface area contributed by atoms with E-state index >= 15 is 0 Å². The standard InChI is InChI=1S/C28H30N4O3/c1-20-6-5-7-21(16-20)18-30-12-14-31(15-13-30)25(33)19-32-26(34)28(2,29-27(32)35)24-11-10-22-8-3-4-9-23(22)17-24/h3-11,16-17H,12-15,18-19H2,1-2H3,(H,29,35)/t28-/m1/s1. The lowest BCUT2D eigenvalue weighted by Gasteiger charge is -2.35. The third kappa shape index (κ3) is 4.51. The van der Waals surface area contributed by atoms with E-state index < -0.39 is 17.5 Å². The first kappa shape index (κ1) is 23.1. The summed E-state index contributed by atoms with van der Waals surface area (Å²) in [6.07, 6.45) is 0. The summed E-state index contributed by atoms with van der Waals surface area (Å²) in [5.41, 5.74) is 2.00. The highest BCUT2D eigenvalue weighted by Crippen LogP contribution is 2.31. The first-order valence-corrected chi connectivity index (χ1v) is 12.0. The van der Waals surface area contributed by atoms with Crippen LogP contribution in [0.2, 0.25) is 0 Å². The molecule has 1 N–H and O–H groups in total. The highest BCUT2D eigenvalue weighted by molar-refractivity contribution is 6.09. The van der Waals surface area contributed by atoms with Gasteiger partial charge in [-0.1, -0.05) is 66.2 Å². The number of nitrogens with one attached hydrogen (secondary N) is 1. The van der Waals surface area contributed by atoms with Crippen molar-refractivity contribution in [2.75, 3.05) is 32.7 Å². The van der Waals surface area contributed by atoms with E-state index in [1.165, 1.54) is 11.1 Å². The second kappa shape index (κ2) is 9.15. The van der Waals surface area contributed by atoms with Crippen molar-refractivity contribution in [1.29, 1.82) is 0 Å². The molecule has 0 radical (unpaired) electrons. The number of amides is 4. The maximum absolute atomic E-state index is 13.3. The SMILES string of the molecule is Cc1cccc(CN2CCN(C(=O)CN3C(=O)N[C@](C)(c4ccc5ccccc5c4)C3=O)CC2)c1. The minimum absolute atomic E-state index is 0.202. The molecule has 0 unspecified atom stereocenters. The van der Waals surface area contributed by atoms with Gasteiger partial charge in [0.2, 0.25) is 5.91 Å². The van der Waals surface area contributed by atoms with Gasteiger partial charge in [-0.05, 0) is 41.8 Å². The number of carbonyl (C=O) groups is 3. The van der Waals surface area contributed by atoms with Crippen molar-refractivity contribution < 1.29 is 14.4 Å². The summed E-state index contributed by atoms with van der Waals surface area (Å²) in [6.45, 7) is 7.06. The summed E-state index contributed by atoms with van der Waals surface area (Å²) < 4.78 is 0. The Bertz CT molecular complexity index is 1300. The van der Waals surface area contributed by atoms with Gasteiger partial charge in [0.25, 0.3) is 5.91 Å². The molecule has 3 aromatic rings. The summed E-state index contributed by atoms with van der Waals surface area (Å²) in [6, 6.07) is 21.5. The number of benzene rings is 3. The van der Waals surface area contributed by atoms with Gasteiger partial charge in [0.15, 0.2) is 0 Å². The number of hydrogen-bond donors (Lipinski definition) is 1. The molecule has 0 saturated carbocycles. The Labute approximate surface area is 205 Å². The molecule has 2 aliphatic rings. The van der Waals surface area contributed by atoms with Crippen LogP contribution in [-0.4, -0.2) is 65.3 Å². The molecule has 0 spiro atoms. The average Bonchev–Trinajstić information content (AvgIpc) is 3.08. The molecule has 2 heterocycles. The van der Waals surface area contributed by atoms with Gasteiger partial charge in [-0.15, -0.1) is 0 Å². The Morgan fingerprint density at radius 1 is 0.914 bits per heavy atom. The first-order valence-electron chi connectivity index (χ1n) is 12.0. The number of piperazine rings is 1. The smallest absolute Gasteiger partial charge is 0.325 e. The van der Waals surface area contributed by atoms with Crippen molar-refractivity contribution in [3.63, 3.8) is 0 Å². The van der Waals surface area contributed by atoms with E-state index in [0.717, 1.165) is 35.3 Å². The van der Waals surface area contributed by atoms with Crippen molar-refractivity contribution in [2.45, 2.75) is 25.9 Å². The monoisotopic (exact) mass is 470 g/mol. The van der Waals surface area contributed by atoms with E-state index in [4.69, 9.17) is 0 Å². The predicted molar refractivity (Wildman–Crippen MR) is 135 cm³/mol. The Balaban J connectivity index is 1.22. The van der Waals surface area contributed by atoms with E-state index in [1.54, 1.807) is 11.8 Å². The minimum Gasteiger partial charge on any atom is -0.339 e. The van der Waals surface area contributed by atoms with E-state index in [0.29, 0.717) is 18.7 Å². The van der Waals surface area contributed by atoms with Gasteiger partial charge in [-0.25, -0.2) is 4.79 Å². The Morgan fingerprint density at radius 2 is 1.66 bits per heavy atom. The van der Waals surface area contributed by atoms with Crippen molar-refractivity contribution in [1.82, 2.24) is 20.0 Å². The van der Waals surface area contributed by atoms with Gasteiger partial charge < -0.3 is 10.2 Å². The lowest BCUT2D eigenvalue weighted by atomic mass is 9.90. The number of aryl methyl sites for hydroxylation is 1. The minimum atomic E-state index is -1.20. The highest BCUT2D eigenvalue weighted by Gasteiger charge is 2.49. The van der Waals surface area contributed by atoms with E-state index in [2.05, 4.69) is 41.4 Å². The molecule has 0 bridgehead atoms. The number of imide groups is 1. The summed E-state index contributed by atoms with van der Waals surface area (Å²) in [5.74, 6) is -0.601. The molecule has 2 aliphatic heterocycles. The topological polar surface area (TPSA) is 73.0 Å². The van der Waals surface area contributed by atoms with Gasteiger partial charge in [0, 0.05) is 32.7 Å². The molecule has 2 saturated heterocycles. The summed E-state index contributed by atoms with van der Waals surface area (Å²) >= 11 is 0. The van der Waals surface area contributed by atoms with Crippen LogP contribution >= 0.6 is 0 Å². The van der Waals surface area contributed by atoms with Gasteiger partial charge in [0.1, 0.15) is 12.1 Å². The molecule has 7 heteroatoms.